The van der Waals surface area contributed by atoms with E-state index < -0.39 is 31.5 Å². The minimum absolute atomic E-state index is 0.507. The normalized spacial score (nSPS) is 13.7. The maximum atomic E-state index is 12.9. The average molecular weight is 216 g/mol. The minimum Gasteiger partial charge on any atom is -0.314 e. The Morgan fingerprint density at radius 1 is 1.14 bits per heavy atom. The van der Waals surface area contributed by atoms with Gasteiger partial charge in [0.2, 0.25) is 0 Å². The first kappa shape index (κ1) is 13.6. The predicted molar refractivity (Wildman–Crippen MR) is 47.0 cm³/mol. The second-order valence-corrected chi connectivity index (χ2v) is 3.63. The van der Waals surface area contributed by atoms with Gasteiger partial charge >= 0.3 is 0 Å². The van der Waals surface area contributed by atoms with Crippen LogP contribution in [0.5, 0.6) is 0 Å². The summed E-state index contributed by atoms with van der Waals surface area (Å²) < 4.78 is 50.7. The van der Waals surface area contributed by atoms with Gasteiger partial charge in [-0.05, 0) is 14.1 Å². The molecule has 0 fully saturated rings. The fourth-order valence-corrected chi connectivity index (χ4v) is 1.24. The van der Waals surface area contributed by atoms with Crippen LogP contribution in [0.2, 0.25) is 0 Å². The summed E-state index contributed by atoms with van der Waals surface area (Å²) in [7, 11) is 2.64. The standard InChI is InChI=1S/C8H16F4N2/c1-7(9,10)5-14(3)6-8(11,12)4-13-2/h13H,4-6H2,1-3H3. The summed E-state index contributed by atoms with van der Waals surface area (Å²) in [6.07, 6.45) is 0. The summed E-state index contributed by atoms with van der Waals surface area (Å²) in [5.41, 5.74) is 0. The van der Waals surface area contributed by atoms with E-state index in [9.17, 15) is 17.6 Å². The molecule has 0 saturated carbocycles. The molecule has 0 aliphatic heterocycles. The topological polar surface area (TPSA) is 15.3 Å². The molecule has 0 spiro atoms. The molecule has 0 radical (unpaired) electrons. The summed E-state index contributed by atoms with van der Waals surface area (Å²) in [5, 5.41) is 2.31. The van der Waals surface area contributed by atoms with Crippen molar-refractivity contribution in [2.24, 2.45) is 0 Å². The van der Waals surface area contributed by atoms with Gasteiger partial charge in [-0.25, -0.2) is 17.6 Å². The highest BCUT2D eigenvalue weighted by atomic mass is 19.3. The highest BCUT2D eigenvalue weighted by molar-refractivity contribution is 4.75. The van der Waals surface area contributed by atoms with Gasteiger partial charge in [0.1, 0.15) is 0 Å². The third kappa shape index (κ3) is 7.08. The maximum Gasteiger partial charge on any atom is 0.272 e. The van der Waals surface area contributed by atoms with Crippen molar-refractivity contribution >= 4 is 0 Å². The fourth-order valence-electron chi connectivity index (χ4n) is 1.24. The molecular weight excluding hydrogens is 200 g/mol. The summed E-state index contributed by atoms with van der Waals surface area (Å²) in [6, 6.07) is 0. The molecule has 0 aromatic carbocycles. The summed E-state index contributed by atoms with van der Waals surface area (Å²) in [5.74, 6) is -5.92. The van der Waals surface area contributed by atoms with Crippen molar-refractivity contribution in [3.63, 3.8) is 0 Å². The molecule has 0 bridgehead atoms. The largest absolute Gasteiger partial charge is 0.314 e. The van der Waals surface area contributed by atoms with Crippen LogP contribution in [-0.4, -0.2) is 50.5 Å². The van der Waals surface area contributed by atoms with Crippen LogP contribution in [0.4, 0.5) is 17.6 Å². The van der Waals surface area contributed by atoms with Crippen LogP contribution in [0.3, 0.4) is 0 Å². The molecule has 2 nitrogen and oxygen atoms in total. The molecule has 0 rings (SSSR count). The zero-order valence-electron chi connectivity index (χ0n) is 8.58. The van der Waals surface area contributed by atoms with E-state index in [1.807, 2.05) is 0 Å². The van der Waals surface area contributed by atoms with E-state index in [-0.39, 0.29) is 0 Å². The number of alkyl halides is 4. The first-order valence-electron chi connectivity index (χ1n) is 4.25. The molecule has 0 atom stereocenters. The van der Waals surface area contributed by atoms with Gasteiger partial charge in [-0.3, -0.25) is 4.90 Å². The van der Waals surface area contributed by atoms with E-state index in [1.54, 1.807) is 0 Å². The van der Waals surface area contributed by atoms with Gasteiger partial charge in [0.15, 0.2) is 0 Å². The van der Waals surface area contributed by atoms with Gasteiger partial charge in [0.25, 0.3) is 11.8 Å². The van der Waals surface area contributed by atoms with Crippen molar-refractivity contribution in [2.75, 3.05) is 33.7 Å². The highest BCUT2D eigenvalue weighted by Gasteiger charge is 2.32. The number of rotatable bonds is 6. The molecule has 0 unspecified atom stereocenters. The van der Waals surface area contributed by atoms with Crippen molar-refractivity contribution in [2.45, 2.75) is 18.8 Å². The van der Waals surface area contributed by atoms with Crippen molar-refractivity contribution in [3.8, 4) is 0 Å². The van der Waals surface area contributed by atoms with E-state index in [4.69, 9.17) is 0 Å². The zero-order valence-corrected chi connectivity index (χ0v) is 8.58. The molecule has 6 heteroatoms. The van der Waals surface area contributed by atoms with E-state index in [0.29, 0.717) is 6.92 Å². The van der Waals surface area contributed by atoms with Crippen LogP contribution in [0.15, 0.2) is 0 Å². The highest BCUT2D eigenvalue weighted by Crippen LogP contribution is 2.17. The van der Waals surface area contributed by atoms with Gasteiger partial charge in [0.05, 0.1) is 19.6 Å². The molecule has 1 N–H and O–H groups in total. The molecule has 0 heterocycles. The molecule has 0 aromatic rings. The van der Waals surface area contributed by atoms with Crippen LogP contribution in [0.25, 0.3) is 0 Å². The van der Waals surface area contributed by atoms with Gasteiger partial charge in [0, 0.05) is 6.92 Å². The van der Waals surface area contributed by atoms with Crippen molar-refractivity contribution in [3.05, 3.63) is 0 Å². The Kier molecular flexibility index (Phi) is 4.80. The lowest BCUT2D eigenvalue weighted by Gasteiger charge is -2.25. The monoisotopic (exact) mass is 216 g/mol. The Balaban J connectivity index is 3.98. The van der Waals surface area contributed by atoms with E-state index in [1.165, 1.54) is 14.1 Å². The van der Waals surface area contributed by atoms with Crippen LogP contribution < -0.4 is 5.32 Å². The maximum absolute atomic E-state index is 12.9. The number of halogens is 4. The molecule has 14 heavy (non-hydrogen) atoms. The number of nitrogens with zero attached hydrogens (tertiary/aromatic N) is 1. The second-order valence-electron chi connectivity index (χ2n) is 3.63. The van der Waals surface area contributed by atoms with Gasteiger partial charge in [-0.2, -0.15) is 0 Å². The smallest absolute Gasteiger partial charge is 0.272 e. The van der Waals surface area contributed by atoms with Gasteiger partial charge in [-0.15, -0.1) is 0 Å². The Labute approximate surface area is 81.3 Å². The summed E-state index contributed by atoms with van der Waals surface area (Å²) in [6.45, 7) is -1.13. The Bertz CT molecular complexity index is 167. The Hall–Kier alpha value is -0.360. The average Bonchev–Trinajstić information content (AvgIpc) is 1.78. The van der Waals surface area contributed by atoms with Crippen molar-refractivity contribution < 1.29 is 17.6 Å². The summed E-state index contributed by atoms with van der Waals surface area (Å²) in [4.78, 5) is 0.928. The first-order valence-corrected chi connectivity index (χ1v) is 4.25. The number of nitrogens with one attached hydrogen (secondary N) is 1. The van der Waals surface area contributed by atoms with Crippen LogP contribution in [0.1, 0.15) is 6.92 Å². The SMILES string of the molecule is CNCC(F)(F)CN(C)CC(C)(F)F. The summed E-state index contributed by atoms with van der Waals surface area (Å²) >= 11 is 0. The zero-order chi connectivity index (χ0) is 11.4. The predicted octanol–water partition coefficient (Wildman–Crippen LogP) is 1.43. The van der Waals surface area contributed by atoms with Crippen LogP contribution in [-0.2, 0) is 0 Å². The molecule has 0 aromatic heterocycles. The fraction of sp³-hybridized carbons (Fsp3) is 1.00. The van der Waals surface area contributed by atoms with E-state index in [2.05, 4.69) is 5.32 Å². The van der Waals surface area contributed by atoms with E-state index >= 15 is 0 Å². The second kappa shape index (κ2) is 4.93. The lowest BCUT2D eigenvalue weighted by Crippen LogP contribution is -2.44. The van der Waals surface area contributed by atoms with Gasteiger partial charge in [-0.1, -0.05) is 0 Å². The minimum atomic E-state index is -2.98. The molecule has 0 amide bonds. The molecule has 0 aliphatic carbocycles. The lowest BCUT2D eigenvalue weighted by molar-refractivity contribution is -0.0569. The Morgan fingerprint density at radius 3 is 2.00 bits per heavy atom. The first-order chi connectivity index (χ1) is 6.16. The molecule has 0 saturated heterocycles. The lowest BCUT2D eigenvalue weighted by atomic mass is 10.3. The number of hydrogen-bond acceptors (Lipinski definition) is 2. The molecule has 0 aliphatic rings. The van der Waals surface area contributed by atoms with Crippen LogP contribution in [0, 0.1) is 0 Å². The third-order valence-corrected chi connectivity index (χ3v) is 1.48. The quantitative estimate of drug-likeness (QED) is 0.676. The van der Waals surface area contributed by atoms with E-state index in [0.717, 1.165) is 4.90 Å². The van der Waals surface area contributed by atoms with Crippen molar-refractivity contribution in [1.82, 2.24) is 10.2 Å². The Morgan fingerprint density at radius 2 is 1.64 bits per heavy atom. The van der Waals surface area contributed by atoms with Crippen molar-refractivity contribution in [1.29, 1.82) is 0 Å². The van der Waals surface area contributed by atoms with Gasteiger partial charge < -0.3 is 5.32 Å². The third-order valence-electron chi connectivity index (χ3n) is 1.48. The molecule has 86 valence electrons. The number of hydrogen-bond donors (Lipinski definition) is 1. The molecular formula is C8H16F4N2. The van der Waals surface area contributed by atoms with Crippen LogP contribution >= 0.6 is 0 Å².